The number of nitrogens with zero attached hydrogens (tertiary/aromatic N) is 3. The average molecular weight is 437 g/mol. The Kier molecular flexibility index (Phi) is 5.99. The summed E-state index contributed by atoms with van der Waals surface area (Å²) in [5.41, 5.74) is 2.91. The predicted octanol–water partition coefficient (Wildman–Crippen LogP) is 4.47. The van der Waals surface area contributed by atoms with Crippen LogP contribution in [0.2, 0.25) is 0 Å². The lowest BCUT2D eigenvalue weighted by Crippen LogP contribution is -2.45. The van der Waals surface area contributed by atoms with Gasteiger partial charge in [0.25, 0.3) is 5.91 Å². The molecule has 31 heavy (non-hydrogen) atoms. The number of amides is 2. The van der Waals surface area contributed by atoms with E-state index in [0.29, 0.717) is 22.5 Å². The highest BCUT2D eigenvalue weighted by Crippen LogP contribution is 2.33. The van der Waals surface area contributed by atoms with Gasteiger partial charge in [-0.25, -0.2) is 0 Å². The highest BCUT2D eigenvalue weighted by Gasteiger charge is 2.31. The number of para-hydroxylation sites is 2. The van der Waals surface area contributed by atoms with E-state index in [1.165, 1.54) is 16.9 Å². The van der Waals surface area contributed by atoms with Crippen molar-refractivity contribution in [3.63, 3.8) is 0 Å². The number of carbonyl (C=O) groups excluding carboxylic acids is 2. The fourth-order valence-electron chi connectivity index (χ4n) is 3.39. The molecule has 0 radical (unpaired) electrons. The van der Waals surface area contributed by atoms with Crippen molar-refractivity contribution in [2.24, 2.45) is 0 Å². The van der Waals surface area contributed by atoms with E-state index in [2.05, 4.69) is 41.5 Å². The van der Waals surface area contributed by atoms with Crippen molar-refractivity contribution in [3.05, 3.63) is 54.1 Å². The Morgan fingerprint density at radius 3 is 2.65 bits per heavy atom. The van der Waals surface area contributed by atoms with Crippen LogP contribution in [0.5, 0.6) is 5.75 Å². The monoisotopic (exact) mass is 436 g/mol. The molecule has 0 saturated heterocycles. The summed E-state index contributed by atoms with van der Waals surface area (Å²) in [7, 11) is 0. The van der Waals surface area contributed by atoms with Gasteiger partial charge in [-0.2, -0.15) is 0 Å². The predicted molar refractivity (Wildman–Crippen MR) is 122 cm³/mol. The number of carbonyl (C=O) groups is 2. The average Bonchev–Trinajstić information content (AvgIpc) is 3.22. The molecule has 2 aromatic carbocycles. The van der Waals surface area contributed by atoms with Gasteiger partial charge in [0.05, 0.1) is 5.69 Å². The Hall–Kier alpha value is -3.26. The minimum Gasteiger partial charge on any atom is -0.479 e. The molecule has 7 nitrogen and oxygen atoms in total. The molecule has 8 heteroatoms. The SMILES string of the molecule is CC1Oc2ccccc2N(CCC(=O)Nc2nnc(-c3ccc(C(C)C)cc3)s2)C1=O. The van der Waals surface area contributed by atoms with E-state index in [-0.39, 0.29) is 24.8 Å². The van der Waals surface area contributed by atoms with Gasteiger partial charge < -0.3 is 15.0 Å². The number of anilines is 2. The Morgan fingerprint density at radius 1 is 1.16 bits per heavy atom. The van der Waals surface area contributed by atoms with Gasteiger partial charge in [0.2, 0.25) is 11.0 Å². The molecule has 0 spiro atoms. The third-order valence-electron chi connectivity index (χ3n) is 5.13. The van der Waals surface area contributed by atoms with E-state index in [1.807, 2.05) is 36.4 Å². The molecule has 0 saturated carbocycles. The molecule has 4 rings (SSSR count). The number of benzene rings is 2. The standard InChI is InChI=1S/C23H24N4O3S/c1-14(2)16-8-10-17(11-9-16)21-25-26-23(31-21)24-20(28)12-13-27-18-6-4-5-7-19(18)30-15(3)22(27)29/h4-11,14-15H,12-13H2,1-3H3,(H,24,26,28). The van der Waals surface area contributed by atoms with E-state index < -0.39 is 6.10 Å². The lowest BCUT2D eigenvalue weighted by Gasteiger charge is -2.32. The molecule has 0 aliphatic carbocycles. The molecular formula is C23H24N4O3S. The van der Waals surface area contributed by atoms with Gasteiger partial charge in [0.15, 0.2) is 6.10 Å². The van der Waals surface area contributed by atoms with Gasteiger partial charge in [-0.3, -0.25) is 9.59 Å². The van der Waals surface area contributed by atoms with Gasteiger partial charge in [-0.05, 0) is 30.5 Å². The number of hydrogen-bond acceptors (Lipinski definition) is 6. The van der Waals surface area contributed by atoms with Crippen molar-refractivity contribution >= 4 is 34.0 Å². The molecule has 1 aromatic heterocycles. The zero-order valence-corrected chi connectivity index (χ0v) is 18.5. The van der Waals surface area contributed by atoms with Crippen molar-refractivity contribution in [3.8, 4) is 16.3 Å². The summed E-state index contributed by atoms with van der Waals surface area (Å²) in [6, 6.07) is 15.5. The lowest BCUT2D eigenvalue weighted by atomic mass is 10.0. The molecule has 1 aliphatic rings. The number of ether oxygens (including phenoxy) is 1. The minimum atomic E-state index is -0.578. The number of nitrogens with one attached hydrogen (secondary N) is 1. The van der Waals surface area contributed by atoms with Crippen LogP contribution in [0.1, 0.15) is 38.7 Å². The van der Waals surface area contributed by atoms with Crippen LogP contribution in [0, 0.1) is 0 Å². The van der Waals surface area contributed by atoms with E-state index in [0.717, 1.165) is 10.6 Å². The molecule has 1 unspecified atom stereocenters. The Morgan fingerprint density at radius 2 is 1.90 bits per heavy atom. The Bertz CT molecular complexity index is 1090. The number of aromatic nitrogens is 2. The largest absolute Gasteiger partial charge is 0.479 e. The molecular weight excluding hydrogens is 412 g/mol. The number of fused-ring (bicyclic) bond motifs is 1. The van der Waals surface area contributed by atoms with Crippen LogP contribution in [0.25, 0.3) is 10.6 Å². The smallest absolute Gasteiger partial charge is 0.267 e. The summed E-state index contributed by atoms with van der Waals surface area (Å²) < 4.78 is 5.63. The molecule has 1 atom stereocenters. The molecule has 0 fully saturated rings. The van der Waals surface area contributed by atoms with Crippen molar-refractivity contribution < 1.29 is 14.3 Å². The van der Waals surface area contributed by atoms with Gasteiger partial charge >= 0.3 is 0 Å². The summed E-state index contributed by atoms with van der Waals surface area (Å²) in [6.07, 6.45) is -0.434. The Balaban J connectivity index is 1.38. The topological polar surface area (TPSA) is 84.4 Å². The molecule has 2 heterocycles. The maximum atomic E-state index is 12.5. The first-order valence-electron chi connectivity index (χ1n) is 10.2. The molecule has 1 aliphatic heterocycles. The van der Waals surface area contributed by atoms with Gasteiger partial charge in [-0.1, -0.05) is 61.6 Å². The van der Waals surface area contributed by atoms with Crippen LogP contribution in [0.15, 0.2) is 48.5 Å². The van der Waals surface area contributed by atoms with Crippen LogP contribution in [0.3, 0.4) is 0 Å². The van der Waals surface area contributed by atoms with Crippen LogP contribution in [0.4, 0.5) is 10.8 Å². The van der Waals surface area contributed by atoms with Crippen LogP contribution >= 0.6 is 11.3 Å². The molecule has 3 aromatic rings. The first-order chi connectivity index (χ1) is 14.9. The third kappa shape index (κ3) is 4.59. The summed E-state index contributed by atoms with van der Waals surface area (Å²) in [6.45, 7) is 6.27. The first-order valence-corrected chi connectivity index (χ1v) is 11.0. The third-order valence-corrected chi connectivity index (χ3v) is 6.02. The van der Waals surface area contributed by atoms with Crippen molar-refractivity contribution in [1.29, 1.82) is 0 Å². The van der Waals surface area contributed by atoms with Crippen LogP contribution in [-0.4, -0.2) is 34.7 Å². The summed E-state index contributed by atoms with van der Waals surface area (Å²) >= 11 is 1.32. The number of hydrogen-bond donors (Lipinski definition) is 1. The van der Waals surface area contributed by atoms with Gasteiger partial charge in [0.1, 0.15) is 10.8 Å². The van der Waals surface area contributed by atoms with Crippen LogP contribution < -0.4 is 15.0 Å². The van der Waals surface area contributed by atoms with Crippen LogP contribution in [-0.2, 0) is 9.59 Å². The van der Waals surface area contributed by atoms with E-state index in [1.54, 1.807) is 11.8 Å². The minimum absolute atomic E-state index is 0.144. The summed E-state index contributed by atoms with van der Waals surface area (Å²) in [4.78, 5) is 26.6. The van der Waals surface area contributed by atoms with E-state index >= 15 is 0 Å². The maximum absolute atomic E-state index is 12.5. The maximum Gasteiger partial charge on any atom is 0.267 e. The second kappa shape index (κ2) is 8.85. The van der Waals surface area contributed by atoms with Gasteiger partial charge in [0, 0.05) is 18.5 Å². The van der Waals surface area contributed by atoms with Gasteiger partial charge in [-0.15, -0.1) is 10.2 Å². The quantitative estimate of drug-likeness (QED) is 0.616. The number of rotatable bonds is 6. The van der Waals surface area contributed by atoms with Crippen molar-refractivity contribution in [2.45, 2.75) is 39.2 Å². The van der Waals surface area contributed by atoms with E-state index in [4.69, 9.17) is 4.74 Å². The first kappa shape index (κ1) is 21.0. The lowest BCUT2D eigenvalue weighted by molar-refractivity contribution is -0.125. The highest BCUT2D eigenvalue weighted by atomic mass is 32.1. The summed E-state index contributed by atoms with van der Waals surface area (Å²) in [5.74, 6) is 0.732. The normalized spacial score (nSPS) is 15.5. The zero-order chi connectivity index (χ0) is 22.0. The second-order valence-corrected chi connectivity index (χ2v) is 8.68. The fraction of sp³-hybridized carbons (Fsp3) is 0.304. The summed E-state index contributed by atoms with van der Waals surface area (Å²) in [5, 5.41) is 12.2. The molecule has 160 valence electrons. The second-order valence-electron chi connectivity index (χ2n) is 7.70. The van der Waals surface area contributed by atoms with E-state index in [9.17, 15) is 9.59 Å². The highest BCUT2D eigenvalue weighted by molar-refractivity contribution is 7.18. The van der Waals surface area contributed by atoms with Crippen molar-refractivity contribution in [2.75, 3.05) is 16.8 Å². The Labute approximate surface area is 185 Å². The molecule has 0 bridgehead atoms. The zero-order valence-electron chi connectivity index (χ0n) is 17.7. The molecule has 2 amide bonds. The fourth-order valence-corrected chi connectivity index (χ4v) is 4.15. The van der Waals surface area contributed by atoms with Crippen molar-refractivity contribution in [1.82, 2.24) is 10.2 Å². The molecule has 1 N–H and O–H groups in total.